The lowest BCUT2D eigenvalue weighted by Gasteiger charge is -2.16. The molecular weight excluding hydrogens is 385 g/mol. The Morgan fingerprint density at radius 2 is 1.76 bits per heavy atom. The normalized spacial score (nSPS) is 12.5. The third-order valence-electron chi connectivity index (χ3n) is 4.21. The van der Waals surface area contributed by atoms with E-state index in [0.717, 1.165) is 5.56 Å². The Labute approximate surface area is 167 Å². The highest BCUT2D eigenvalue weighted by Gasteiger charge is 2.28. The van der Waals surface area contributed by atoms with Gasteiger partial charge in [0.15, 0.2) is 6.61 Å². The largest absolute Gasteiger partial charge is 0.484 e. The van der Waals surface area contributed by atoms with Crippen LogP contribution in [0.25, 0.3) is 0 Å². The predicted molar refractivity (Wildman–Crippen MR) is 102 cm³/mol. The van der Waals surface area contributed by atoms with Gasteiger partial charge in [-0.3, -0.25) is 14.6 Å². The number of nitrogens with zero attached hydrogens (tertiary/aromatic N) is 1. The van der Waals surface area contributed by atoms with Crippen LogP contribution < -0.4 is 10.1 Å². The summed E-state index contributed by atoms with van der Waals surface area (Å²) in [7, 11) is 0. The van der Waals surface area contributed by atoms with Crippen molar-refractivity contribution in [3.8, 4) is 5.75 Å². The van der Waals surface area contributed by atoms with E-state index in [2.05, 4.69) is 15.0 Å². The number of pyridine rings is 1. The summed E-state index contributed by atoms with van der Waals surface area (Å²) in [5.41, 5.74) is 1.72. The van der Waals surface area contributed by atoms with E-state index in [1.807, 2.05) is 13.8 Å². The number of Topliss-reactive ketones (excluding diaryl/α,β-unsaturated/α-hetero) is 1. The van der Waals surface area contributed by atoms with Gasteiger partial charge < -0.3 is 10.1 Å². The minimum absolute atomic E-state index is 0.0283. The highest BCUT2D eigenvalue weighted by Crippen LogP contribution is 2.20. The molecule has 5 nitrogen and oxygen atoms in total. The summed E-state index contributed by atoms with van der Waals surface area (Å²) in [6.07, 6.45) is -2.60. The fourth-order valence-corrected chi connectivity index (χ4v) is 2.48. The maximum Gasteiger partial charge on any atom is 0.422 e. The van der Waals surface area contributed by atoms with Gasteiger partial charge in [-0.15, -0.1) is 0 Å². The number of amides is 1. The molecule has 0 saturated heterocycles. The number of carbonyl (C=O) groups is 2. The lowest BCUT2D eigenvalue weighted by Crippen LogP contribution is -2.26. The van der Waals surface area contributed by atoms with E-state index < -0.39 is 12.8 Å². The summed E-state index contributed by atoms with van der Waals surface area (Å²) >= 11 is 0. The summed E-state index contributed by atoms with van der Waals surface area (Å²) in [4.78, 5) is 28.5. The number of carbonyl (C=O) groups excluding carboxylic acids is 2. The zero-order chi connectivity index (χ0) is 21.6. The first-order chi connectivity index (χ1) is 13.5. The smallest absolute Gasteiger partial charge is 0.422 e. The lowest BCUT2D eigenvalue weighted by atomic mass is 10.0. The van der Waals surface area contributed by atoms with Crippen molar-refractivity contribution in [1.82, 2.24) is 10.3 Å². The SMILES string of the molecule is CC(C)C(=O)Cc1cc(C(C)NC(=O)c2ccc(OCC(F)(F)F)cc2)ccn1. The standard InChI is InChI=1S/C21H23F3N2O3/c1-13(2)19(27)11-17-10-16(8-9-25-17)14(3)26-20(28)15-4-6-18(7-5-15)29-12-21(22,23)24/h4-10,13-14H,11-12H2,1-3H3,(H,26,28). The molecule has 0 aliphatic carbocycles. The van der Waals surface area contributed by atoms with Crippen molar-refractivity contribution in [3.63, 3.8) is 0 Å². The number of alkyl halides is 3. The molecule has 156 valence electrons. The van der Waals surface area contributed by atoms with E-state index in [1.54, 1.807) is 25.3 Å². The third kappa shape index (κ3) is 7.21. The highest BCUT2D eigenvalue weighted by molar-refractivity contribution is 5.94. The molecule has 0 spiro atoms. The van der Waals surface area contributed by atoms with Crippen molar-refractivity contribution in [1.29, 1.82) is 0 Å². The van der Waals surface area contributed by atoms with E-state index in [9.17, 15) is 22.8 Å². The number of hydrogen-bond acceptors (Lipinski definition) is 4. The Kier molecular flexibility index (Phi) is 7.36. The quantitative estimate of drug-likeness (QED) is 0.708. The molecule has 1 aromatic heterocycles. The molecule has 0 radical (unpaired) electrons. The highest BCUT2D eigenvalue weighted by atomic mass is 19.4. The molecule has 0 aliphatic rings. The van der Waals surface area contributed by atoms with Crippen molar-refractivity contribution >= 4 is 11.7 Å². The average Bonchev–Trinajstić information content (AvgIpc) is 2.66. The molecule has 0 aliphatic heterocycles. The van der Waals surface area contributed by atoms with Crippen LogP contribution in [0.4, 0.5) is 13.2 Å². The molecule has 0 bridgehead atoms. The zero-order valence-corrected chi connectivity index (χ0v) is 16.4. The predicted octanol–water partition coefficient (Wildman–Crippen LogP) is 4.28. The van der Waals surface area contributed by atoms with Crippen molar-refractivity contribution in [2.45, 2.75) is 39.4 Å². The first-order valence-corrected chi connectivity index (χ1v) is 9.13. The molecule has 1 aromatic carbocycles. The molecule has 1 unspecified atom stereocenters. The van der Waals surface area contributed by atoms with Crippen LogP contribution in [-0.2, 0) is 11.2 Å². The fourth-order valence-electron chi connectivity index (χ4n) is 2.48. The Balaban J connectivity index is 1.99. The molecule has 1 N–H and O–H groups in total. The van der Waals surface area contributed by atoms with Gasteiger partial charge in [0.25, 0.3) is 5.91 Å². The molecule has 8 heteroatoms. The van der Waals surface area contributed by atoms with Gasteiger partial charge in [-0.2, -0.15) is 13.2 Å². The van der Waals surface area contributed by atoms with E-state index >= 15 is 0 Å². The van der Waals surface area contributed by atoms with E-state index in [0.29, 0.717) is 11.3 Å². The maximum absolute atomic E-state index is 12.4. The summed E-state index contributed by atoms with van der Waals surface area (Å²) in [5.74, 6) is -0.350. The van der Waals surface area contributed by atoms with Crippen LogP contribution in [-0.4, -0.2) is 29.5 Å². The van der Waals surface area contributed by atoms with E-state index in [4.69, 9.17) is 0 Å². The minimum atomic E-state index is -4.42. The van der Waals surface area contributed by atoms with Crippen LogP contribution in [0.2, 0.25) is 0 Å². The summed E-state index contributed by atoms with van der Waals surface area (Å²) in [6, 6.07) is 8.60. The van der Waals surface area contributed by atoms with Crippen LogP contribution in [0.5, 0.6) is 5.75 Å². The Bertz CT molecular complexity index is 849. The van der Waals surface area contributed by atoms with Crippen LogP contribution >= 0.6 is 0 Å². The number of benzene rings is 1. The van der Waals surface area contributed by atoms with Gasteiger partial charge >= 0.3 is 6.18 Å². The van der Waals surface area contributed by atoms with Crippen LogP contribution in [0.1, 0.15) is 48.4 Å². The molecule has 0 fully saturated rings. The molecule has 2 aromatic rings. The lowest BCUT2D eigenvalue weighted by molar-refractivity contribution is -0.153. The molecule has 0 saturated carbocycles. The number of hydrogen-bond donors (Lipinski definition) is 1. The maximum atomic E-state index is 12.4. The second-order valence-electron chi connectivity index (χ2n) is 7.00. The number of nitrogens with one attached hydrogen (secondary N) is 1. The molecule has 1 amide bonds. The molecule has 1 heterocycles. The van der Waals surface area contributed by atoms with Crippen molar-refractivity contribution < 1.29 is 27.5 Å². The van der Waals surface area contributed by atoms with Gasteiger partial charge in [0.1, 0.15) is 11.5 Å². The van der Waals surface area contributed by atoms with Gasteiger partial charge in [0.05, 0.1) is 6.04 Å². The van der Waals surface area contributed by atoms with Gasteiger partial charge in [-0.25, -0.2) is 0 Å². The Morgan fingerprint density at radius 1 is 1.10 bits per heavy atom. The third-order valence-corrected chi connectivity index (χ3v) is 4.21. The van der Waals surface area contributed by atoms with Gasteiger partial charge in [0.2, 0.25) is 0 Å². The van der Waals surface area contributed by atoms with Crippen LogP contribution in [0, 0.1) is 5.92 Å². The number of rotatable bonds is 8. The number of halogens is 3. The van der Waals surface area contributed by atoms with Crippen molar-refractivity contribution in [3.05, 3.63) is 59.4 Å². The van der Waals surface area contributed by atoms with Crippen LogP contribution in [0.15, 0.2) is 42.6 Å². The first kappa shape index (κ1) is 22.4. The number of ketones is 1. The molecule has 1 atom stereocenters. The Hall–Kier alpha value is -2.90. The van der Waals surface area contributed by atoms with Crippen molar-refractivity contribution in [2.75, 3.05) is 6.61 Å². The molecular formula is C21H23F3N2O3. The molecule has 2 rings (SSSR count). The topological polar surface area (TPSA) is 68.3 Å². The van der Waals surface area contributed by atoms with Crippen molar-refractivity contribution in [2.24, 2.45) is 5.92 Å². The number of aromatic nitrogens is 1. The zero-order valence-electron chi connectivity index (χ0n) is 16.4. The van der Waals surface area contributed by atoms with Gasteiger partial charge in [-0.05, 0) is 48.9 Å². The fraction of sp³-hybridized carbons (Fsp3) is 0.381. The summed E-state index contributed by atoms with van der Waals surface area (Å²) in [6.45, 7) is 4.06. The number of ether oxygens (including phenoxy) is 1. The average molecular weight is 408 g/mol. The summed E-state index contributed by atoms with van der Waals surface area (Å²) in [5, 5.41) is 2.82. The van der Waals surface area contributed by atoms with Crippen LogP contribution in [0.3, 0.4) is 0 Å². The Morgan fingerprint density at radius 3 is 2.34 bits per heavy atom. The van der Waals surface area contributed by atoms with Gasteiger partial charge in [-0.1, -0.05) is 13.8 Å². The molecule has 29 heavy (non-hydrogen) atoms. The second kappa shape index (κ2) is 9.54. The monoisotopic (exact) mass is 408 g/mol. The second-order valence-corrected chi connectivity index (χ2v) is 7.00. The summed E-state index contributed by atoms with van der Waals surface area (Å²) < 4.78 is 41.2. The van der Waals surface area contributed by atoms with E-state index in [-0.39, 0.29) is 35.8 Å². The van der Waals surface area contributed by atoms with Gasteiger partial charge in [0, 0.05) is 29.8 Å². The first-order valence-electron chi connectivity index (χ1n) is 9.13. The van der Waals surface area contributed by atoms with E-state index in [1.165, 1.54) is 24.3 Å². The minimum Gasteiger partial charge on any atom is -0.484 e.